The Hall–Kier alpha value is -4.08. The summed E-state index contributed by atoms with van der Waals surface area (Å²) < 4.78 is 39.6. The monoisotopic (exact) mass is 483 g/mol. The lowest BCUT2D eigenvalue weighted by Gasteiger charge is -2.35. The first-order valence-electron chi connectivity index (χ1n) is 11.0. The fourth-order valence-corrected chi connectivity index (χ4v) is 3.87. The molecule has 1 aromatic heterocycles. The molecule has 0 aliphatic carbocycles. The Labute approximate surface area is 200 Å². The number of rotatable bonds is 4. The van der Waals surface area contributed by atoms with Gasteiger partial charge in [-0.15, -0.1) is 0 Å². The van der Waals surface area contributed by atoms with Gasteiger partial charge in [-0.25, -0.2) is 4.79 Å². The summed E-state index contributed by atoms with van der Waals surface area (Å²) in [6.45, 7) is 1.00. The van der Waals surface area contributed by atoms with Crippen LogP contribution in [0.4, 0.5) is 35.0 Å². The van der Waals surface area contributed by atoms with Gasteiger partial charge in [0.05, 0.1) is 11.3 Å². The highest BCUT2D eigenvalue weighted by Crippen LogP contribution is 2.34. The van der Waals surface area contributed by atoms with Crippen LogP contribution in [0.1, 0.15) is 15.9 Å². The molecule has 1 aliphatic heterocycles. The third-order valence-corrected chi connectivity index (χ3v) is 5.88. The topological polar surface area (TPSA) is 68.8 Å². The molecule has 7 nitrogen and oxygen atoms in total. The summed E-state index contributed by atoms with van der Waals surface area (Å²) in [5.74, 6) is -0.161. The molecular weight excluding hydrogens is 459 g/mol. The zero-order valence-electron chi connectivity index (χ0n) is 19.0. The van der Waals surface area contributed by atoms with Crippen LogP contribution in [0.5, 0.6) is 0 Å². The van der Waals surface area contributed by atoms with E-state index in [1.807, 2.05) is 36.2 Å². The van der Waals surface area contributed by atoms with Gasteiger partial charge < -0.3 is 20.0 Å². The first-order valence-corrected chi connectivity index (χ1v) is 11.0. The Kier molecular flexibility index (Phi) is 6.90. The van der Waals surface area contributed by atoms with Crippen molar-refractivity contribution in [3.05, 3.63) is 84.2 Å². The summed E-state index contributed by atoms with van der Waals surface area (Å²) in [6, 6.07) is 15.2. The number of nitrogens with one attached hydrogen (secondary N) is 1. The minimum Gasteiger partial charge on any atom is -0.345 e. The molecule has 2 aromatic carbocycles. The number of carbonyl (C=O) groups is 2. The lowest BCUT2D eigenvalue weighted by Crippen LogP contribution is -2.51. The van der Waals surface area contributed by atoms with Crippen LogP contribution in [0.15, 0.2) is 73.1 Å². The lowest BCUT2D eigenvalue weighted by molar-refractivity contribution is -0.136. The fraction of sp³-hybridized carbons (Fsp3) is 0.240. The van der Waals surface area contributed by atoms with Crippen LogP contribution in [0.3, 0.4) is 0 Å². The maximum absolute atomic E-state index is 13.2. The van der Waals surface area contributed by atoms with E-state index < -0.39 is 17.8 Å². The van der Waals surface area contributed by atoms with Crippen molar-refractivity contribution in [3.63, 3.8) is 0 Å². The third kappa shape index (κ3) is 5.53. The normalized spacial score (nSPS) is 13.9. The maximum atomic E-state index is 13.2. The molecule has 1 N–H and O–H groups in total. The van der Waals surface area contributed by atoms with Gasteiger partial charge in [0.2, 0.25) is 0 Å². The average molecular weight is 483 g/mol. The number of aromatic nitrogens is 1. The van der Waals surface area contributed by atoms with E-state index in [0.29, 0.717) is 5.56 Å². The maximum Gasteiger partial charge on any atom is 0.418 e. The highest BCUT2D eigenvalue weighted by Gasteiger charge is 2.34. The number of piperazine rings is 1. The number of nitrogens with zero attached hydrogens (tertiary/aromatic N) is 4. The van der Waals surface area contributed by atoms with Gasteiger partial charge >= 0.3 is 12.2 Å². The van der Waals surface area contributed by atoms with E-state index >= 15 is 0 Å². The molecule has 0 radical (unpaired) electrons. The molecule has 0 atom stereocenters. The number of anilines is 3. The van der Waals surface area contributed by atoms with Gasteiger partial charge in [0.25, 0.3) is 5.91 Å². The predicted octanol–water partition coefficient (Wildman–Crippen LogP) is 4.86. The van der Waals surface area contributed by atoms with Crippen LogP contribution in [-0.4, -0.2) is 59.9 Å². The number of hydrogen-bond acceptors (Lipinski definition) is 4. The Morgan fingerprint density at radius 3 is 2.06 bits per heavy atom. The second-order valence-electron chi connectivity index (χ2n) is 8.06. The van der Waals surface area contributed by atoms with Crippen molar-refractivity contribution in [3.8, 4) is 0 Å². The van der Waals surface area contributed by atoms with Crippen LogP contribution in [0.25, 0.3) is 0 Å². The molecule has 0 spiro atoms. The summed E-state index contributed by atoms with van der Waals surface area (Å²) >= 11 is 0. The molecule has 0 bridgehead atoms. The highest BCUT2D eigenvalue weighted by atomic mass is 19.4. The molecule has 35 heavy (non-hydrogen) atoms. The van der Waals surface area contributed by atoms with Crippen LogP contribution < -0.4 is 10.2 Å². The molecular formula is C25H24F3N5O2. The van der Waals surface area contributed by atoms with Crippen LogP contribution in [-0.2, 0) is 6.18 Å². The summed E-state index contributed by atoms with van der Waals surface area (Å²) in [5.41, 5.74) is 1.20. The van der Waals surface area contributed by atoms with E-state index in [-0.39, 0.29) is 37.8 Å². The van der Waals surface area contributed by atoms with E-state index in [0.717, 1.165) is 17.4 Å². The Balaban J connectivity index is 1.34. The van der Waals surface area contributed by atoms with Crippen LogP contribution in [0.2, 0.25) is 0 Å². The number of para-hydroxylation sites is 1. The van der Waals surface area contributed by atoms with Gasteiger partial charge in [0, 0.05) is 62.6 Å². The van der Waals surface area contributed by atoms with Crippen LogP contribution >= 0.6 is 0 Å². The zero-order chi connectivity index (χ0) is 25.0. The number of pyridine rings is 1. The molecule has 10 heteroatoms. The molecule has 1 saturated heterocycles. The standard InChI is InChI=1S/C25H24F3N5O2/c1-31(20-10-12-29-13-11-20)19-8-6-18(7-9-19)23(34)32-14-16-33(17-15-32)24(35)30-22-5-3-2-4-21(22)25(26,27)28/h2-13H,14-17H2,1H3,(H,30,35). The average Bonchev–Trinajstić information content (AvgIpc) is 2.88. The van der Waals surface area contributed by atoms with Gasteiger partial charge in [0.15, 0.2) is 0 Å². The predicted molar refractivity (Wildman–Crippen MR) is 127 cm³/mol. The van der Waals surface area contributed by atoms with Crippen molar-refractivity contribution in [2.24, 2.45) is 0 Å². The fourth-order valence-electron chi connectivity index (χ4n) is 3.87. The Morgan fingerprint density at radius 2 is 1.43 bits per heavy atom. The zero-order valence-corrected chi connectivity index (χ0v) is 19.0. The van der Waals surface area contributed by atoms with Crippen molar-refractivity contribution >= 4 is 29.0 Å². The van der Waals surface area contributed by atoms with E-state index in [1.165, 1.54) is 23.1 Å². The molecule has 2 heterocycles. The summed E-state index contributed by atoms with van der Waals surface area (Å²) in [7, 11) is 1.92. The molecule has 1 aliphatic rings. The van der Waals surface area contributed by atoms with Crippen molar-refractivity contribution in [1.82, 2.24) is 14.8 Å². The van der Waals surface area contributed by atoms with Gasteiger partial charge in [0.1, 0.15) is 0 Å². The van der Waals surface area contributed by atoms with Crippen molar-refractivity contribution < 1.29 is 22.8 Å². The van der Waals surface area contributed by atoms with Gasteiger partial charge in [-0.2, -0.15) is 13.2 Å². The first-order chi connectivity index (χ1) is 16.7. The van der Waals surface area contributed by atoms with E-state index in [9.17, 15) is 22.8 Å². The summed E-state index contributed by atoms with van der Waals surface area (Å²) in [6.07, 6.45) is -1.16. The molecule has 0 saturated carbocycles. The smallest absolute Gasteiger partial charge is 0.345 e. The van der Waals surface area contributed by atoms with E-state index in [4.69, 9.17) is 0 Å². The SMILES string of the molecule is CN(c1ccncc1)c1ccc(C(=O)N2CCN(C(=O)Nc3ccccc3C(F)(F)F)CC2)cc1. The van der Waals surface area contributed by atoms with Crippen LogP contribution in [0, 0.1) is 0 Å². The number of amides is 3. The summed E-state index contributed by atoms with van der Waals surface area (Å²) in [5, 5.41) is 2.35. The highest BCUT2D eigenvalue weighted by molar-refractivity contribution is 5.95. The quantitative estimate of drug-likeness (QED) is 0.576. The molecule has 0 unspecified atom stereocenters. The number of alkyl halides is 3. The second-order valence-corrected chi connectivity index (χ2v) is 8.06. The number of halogens is 3. The minimum absolute atomic E-state index is 0.161. The number of benzene rings is 2. The number of urea groups is 1. The molecule has 3 aromatic rings. The molecule has 4 rings (SSSR count). The first kappa shape index (κ1) is 24.1. The van der Waals surface area contributed by atoms with Crippen molar-refractivity contribution in [2.45, 2.75) is 6.18 Å². The second kappa shape index (κ2) is 10.0. The number of hydrogen-bond donors (Lipinski definition) is 1. The van der Waals surface area contributed by atoms with E-state index in [1.54, 1.807) is 29.4 Å². The molecule has 3 amide bonds. The van der Waals surface area contributed by atoms with Crippen molar-refractivity contribution in [1.29, 1.82) is 0 Å². The lowest BCUT2D eigenvalue weighted by atomic mass is 10.1. The Bertz CT molecular complexity index is 1180. The van der Waals surface area contributed by atoms with Gasteiger partial charge in [-0.05, 0) is 48.5 Å². The minimum atomic E-state index is -4.57. The Morgan fingerprint density at radius 1 is 0.857 bits per heavy atom. The van der Waals surface area contributed by atoms with Gasteiger partial charge in [-0.1, -0.05) is 12.1 Å². The third-order valence-electron chi connectivity index (χ3n) is 5.88. The van der Waals surface area contributed by atoms with Gasteiger partial charge in [-0.3, -0.25) is 9.78 Å². The largest absolute Gasteiger partial charge is 0.418 e. The summed E-state index contributed by atoms with van der Waals surface area (Å²) in [4.78, 5) is 34.5. The van der Waals surface area contributed by atoms with Crippen molar-refractivity contribution in [2.75, 3.05) is 43.4 Å². The molecule has 182 valence electrons. The van der Waals surface area contributed by atoms with E-state index in [2.05, 4.69) is 10.3 Å². The molecule has 1 fully saturated rings. The number of carbonyl (C=O) groups excluding carboxylic acids is 2.